The highest BCUT2D eigenvalue weighted by Gasteiger charge is 2.34. The average Bonchev–Trinajstić information content (AvgIpc) is 2.81. The van der Waals surface area contributed by atoms with Crippen LogP contribution >= 0.6 is 0 Å². The van der Waals surface area contributed by atoms with E-state index in [2.05, 4.69) is 20.6 Å². The zero-order valence-corrected chi connectivity index (χ0v) is 10.7. The highest BCUT2D eigenvalue weighted by atomic mass is 19.4. The van der Waals surface area contributed by atoms with Crippen LogP contribution in [0.3, 0.4) is 0 Å². The predicted molar refractivity (Wildman–Crippen MR) is 67.1 cm³/mol. The van der Waals surface area contributed by atoms with Crippen molar-refractivity contribution in [3.05, 3.63) is 11.8 Å². The maximum atomic E-state index is 12.8. The third-order valence-electron chi connectivity index (χ3n) is 3.06. The summed E-state index contributed by atoms with van der Waals surface area (Å²) in [4.78, 5) is 7.63. The van der Waals surface area contributed by atoms with Gasteiger partial charge in [-0.3, -0.25) is 0 Å². The molecule has 0 atom stereocenters. The number of nitrogens with zero attached hydrogens (tertiary/aromatic N) is 2. The van der Waals surface area contributed by atoms with Crippen LogP contribution < -0.4 is 10.6 Å². The van der Waals surface area contributed by atoms with Gasteiger partial charge >= 0.3 is 6.18 Å². The standard InChI is InChI=1S/C12H17F3N4/c1-2-16-10-7-9(12(13,14)15)18-11(19-10)17-8-5-3-4-6-8/h7-8H,2-6H2,1H3,(H2,16,17,18,19). The van der Waals surface area contributed by atoms with Gasteiger partial charge in [0, 0.05) is 18.7 Å². The van der Waals surface area contributed by atoms with Gasteiger partial charge in [-0.1, -0.05) is 12.8 Å². The fourth-order valence-electron chi connectivity index (χ4n) is 2.18. The highest BCUT2D eigenvalue weighted by molar-refractivity contribution is 5.43. The molecule has 2 N–H and O–H groups in total. The number of halogens is 3. The van der Waals surface area contributed by atoms with Gasteiger partial charge in [0.25, 0.3) is 0 Å². The molecule has 106 valence electrons. The van der Waals surface area contributed by atoms with Crippen molar-refractivity contribution < 1.29 is 13.2 Å². The third kappa shape index (κ3) is 3.71. The minimum atomic E-state index is -4.46. The molecule has 0 radical (unpaired) electrons. The van der Waals surface area contributed by atoms with Crippen LogP contribution in [-0.4, -0.2) is 22.6 Å². The van der Waals surface area contributed by atoms with E-state index in [1.807, 2.05) is 0 Å². The van der Waals surface area contributed by atoms with E-state index in [0.717, 1.165) is 31.7 Å². The second kappa shape index (κ2) is 5.63. The first-order chi connectivity index (χ1) is 8.99. The van der Waals surface area contributed by atoms with Crippen LogP contribution in [0.25, 0.3) is 0 Å². The summed E-state index contributed by atoms with van der Waals surface area (Å²) in [5.41, 5.74) is -0.918. The molecular weight excluding hydrogens is 257 g/mol. The molecule has 0 unspecified atom stereocenters. The first kappa shape index (κ1) is 13.9. The molecule has 0 saturated heterocycles. The summed E-state index contributed by atoms with van der Waals surface area (Å²) in [6.45, 7) is 2.32. The first-order valence-corrected chi connectivity index (χ1v) is 6.45. The lowest BCUT2D eigenvalue weighted by Crippen LogP contribution is -2.19. The van der Waals surface area contributed by atoms with Gasteiger partial charge in [0.1, 0.15) is 5.82 Å². The zero-order chi connectivity index (χ0) is 13.9. The van der Waals surface area contributed by atoms with Crippen LogP contribution in [0.1, 0.15) is 38.3 Å². The Kier molecular flexibility index (Phi) is 4.11. The molecule has 0 aliphatic heterocycles. The SMILES string of the molecule is CCNc1cc(C(F)(F)F)nc(NC2CCCC2)n1. The van der Waals surface area contributed by atoms with Gasteiger partial charge in [0.05, 0.1) is 0 Å². The van der Waals surface area contributed by atoms with Crippen molar-refractivity contribution >= 4 is 11.8 Å². The number of hydrogen-bond donors (Lipinski definition) is 2. The van der Waals surface area contributed by atoms with E-state index >= 15 is 0 Å². The molecule has 1 fully saturated rings. The van der Waals surface area contributed by atoms with E-state index in [9.17, 15) is 13.2 Å². The Morgan fingerprint density at radius 3 is 2.53 bits per heavy atom. The smallest absolute Gasteiger partial charge is 0.370 e. The Labute approximate surface area is 109 Å². The molecule has 0 aromatic carbocycles. The Hall–Kier alpha value is -1.53. The van der Waals surface area contributed by atoms with Gasteiger partial charge in [-0.2, -0.15) is 18.2 Å². The normalized spacial score (nSPS) is 16.6. The van der Waals surface area contributed by atoms with Crippen molar-refractivity contribution in [2.75, 3.05) is 17.2 Å². The lowest BCUT2D eigenvalue weighted by molar-refractivity contribution is -0.141. The fraction of sp³-hybridized carbons (Fsp3) is 0.667. The first-order valence-electron chi connectivity index (χ1n) is 6.45. The van der Waals surface area contributed by atoms with Gasteiger partial charge in [0.2, 0.25) is 5.95 Å². The summed E-state index contributed by atoms with van der Waals surface area (Å²) in [5.74, 6) is 0.253. The molecule has 1 aliphatic rings. The predicted octanol–water partition coefficient (Wildman–Crippen LogP) is 3.28. The van der Waals surface area contributed by atoms with Gasteiger partial charge in [-0.05, 0) is 19.8 Å². The molecular formula is C12H17F3N4. The monoisotopic (exact) mass is 274 g/mol. The van der Waals surface area contributed by atoms with Gasteiger partial charge in [-0.25, -0.2) is 4.98 Å². The Morgan fingerprint density at radius 1 is 1.26 bits per heavy atom. The summed E-state index contributed by atoms with van der Waals surface area (Å²) in [7, 11) is 0. The molecule has 1 aromatic heterocycles. The zero-order valence-electron chi connectivity index (χ0n) is 10.7. The molecule has 19 heavy (non-hydrogen) atoms. The molecule has 7 heteroatoms. The van der Waals surface area contributed by atoms with Crippen LogP contribution in [0.4, 0.5) is 24.9 Å². The van der Waals surface area contributed by atoms with Crippen molar-refractivity contribution in [1.82, 2.24) is 9.97 Å². The van der Waals surface area contributed by atoms with E-state index < -0.39 is 11.9 Å². The quantitative estimate of drug-likeness (QED) is 0.884. The molecule has 2 rings (SSSR count). The van der Waals surface area contributed by atoms with Crippen molar-refractivity contribution in [3.63, 3.8) is 0 Å². The number of nitrogens with one attached hydrogen (secondary N) is 2. The molecule has 1 aliphatic carbocycles. The van der Waals surface area contributed by atoms with Crippen LogP contribution in [0.5, 0.6) is 0 Å². The van der Waals surface area contributed by atoms with E-state index in [1.165, 1.54) is 0 Å². The molecule has 0 amide bonds. The Bertz CT molecular complexity index is 427. The topological polar surface area (TPSA) is 49.8 Å². The average molecular weight is 274 g/mol. The lowest BCUT2D eigenvalue weighted by Gasteiger charge is -2.15. The fourth-order valence-corrected chi connectivity index (χ4v) is 2.18. The van der Waals surface area contributed by atoms with Crippen molar-refractivity contribution in [1.29, 1.82) is 0 Å². The van der Waals surface area contributed by atoms with Crippen molar-refractivity contribution in [2.45, 2.75) is 44.8 Å². The minimum absolute atomic E-state index is 0.0534. The van der Waals surface area contributed by atoms with Crippen LogP contribution in [0, 0.1) is 0 Å². The summed E-state index contributed by atoms with van der Waals surface area (Å²) in [6.07, 6.45) is -0.362. The molecule has 1 heterocycles. The van der Waals surface area contributed by atoms with Gasteiger partial charge in [0.15, 0.2) is 5.69 Å². The molecule has 0 spiro atoms. The van der Waals surface area contributed by atoms with Crippen LogP contribution in [0.2, 0.25) is 0 Å². The number of hydrogen-bond acceptors (Lipinski definition) is 4. The number of aromatic nitrogens is 2. The number of anilines is 2. The van der Waals surface area contributed by atoms with E-state index in [4.69, 9.17) is 0 Å². The second-order valence-corrected chi connectivity index (χ2v) is 4.62. The van der Waals surface area contributed by atoms with E-state index in [0.29, 0.717) is 6.54 Å². The maximum absolute atomic E-state index is 12.8. The van der Waals surface area contributed by atoms with E-state index in [1.54, 1.807) is 6.92 Å². The third-order valence-corrected chi connectivity index (χ3v) is 3.06. The van der Waals surface area contributed by atoms with Crippen LogP contribution in [-0.2, 0) is 6.18 Å². The summed E-state index contributed by atoms with van der Waals surface area (Å²) in [6, 6.07) is 1.11. The lowest BCUT2D eigenvalue weighted by atomic mass is 10.2. The number of alkyl halides is 3. The maximum Gasteiger partial charge on any atom is 0.433 e. The summed E-state index contributed by atoms with van der Waals surface area (Å²) >= 11 is 0. The number of rotatable bonds is 4. The molecule has 4 nitrogen and oxygen atoms in total. The van der Waals surface area contributed by atoms with Gasteiger partial charge < -0.3 is 10.6 Å². The largest absolute Gasteiger partial charge is 0.433 e. The minimum Gasteiger partial charge on any atom is -0.370 e. The molecule has 0 bridgehead atoms. The van der Waals surface area contributed by atoms with E-state index in [-0.39, 0.29) is 17.8 Å². The van der Waals surface area contributed by atoms with Crippen LogP contribution in [0.15, 0.2) is 6.07 Å². The Morgan fingerprint density at radius 2 is 1.95 bits per heavy atom. The molecule has 1 aromatic rings. The van der Waals surface area contributed by atoms with Gasteiger partial charge in [-0.15, -0.1) is 0 Å². The summed E-state index contributed by atoms with van der Waals surface area (Å²) in [5, 5.41) is 5.78. The van der Waals surface area contributed by atoms with Crippen molar-refractivity contribution in [2.24, 2.45) is 0 Å². The summed E-state index contributed by atoms with van der Waals surface area (Å²) < 4.78 is 38.3. The second-order valence-electron chi connectivity index (χ2n) is 4.62. The molecule has 1 saturated carbocycles. The van der Waals surface area contributed by atoms with Crippen molar-refractivity contribution in [3.8, 4) is 0 Å². The Balaban J connectivity index is 2.22. The highest BCUT2D eigenvalue weighted by Crippen LogP contribution is 2.30.